The van der Waals surface area contributed by atoms with Gasteiger partial charge in [0.15, 0.2) is 0 Å². The van der Waals surface area contributed by atoms with Crippen molar-refractivity contribution in [3.63, 3.8) is 0 Å². The lowest BCUT2D eigenvalue weighted by molar-refractivity contribution is -0.123. The van der Waals surface area contributed by atoms with E-state index in [2.05, 4.69) is 0 Å². The van der Waals surface area contributed by atoms with Gasteiger partial charge in [-0.1, -0.05) is 0 Å². The molecule has 122 valence electrons. The van der Waals surface area contributed by atoms with Gasteiger partial charge in [0.05, 0.1) is 10.9 Å². The molecule has 6 nitrogen and oxygen atoms in total. The van der Waals surface area contributed by atoms with Crippen LogP contribution in [-0.2, 0) is 14.8 Å². The summed E-state index contributed by atoms with van der Waals surface area (Å²) in [5, 5.41) is 0. The monoisotopic (exact) mass is 329 g/mol. The van der Waals surface area contributed by atoms with E-state index in [1.54, 1.807) is 6.92 Å². The highest BCUT2D eigenvalue weighted by molar-refractivity contribution is 7.89. The molecule has 1 amide bonds. The minimum Gasteiger partial charge on any atom is -0.368 e. The molecule has 1 aliphatic rings. The number of primary amides is 1. The van der Waals surface area contributed by atoms with Crippen molar-refractivity contribution in [3.8, 4) is 0 Å². The SMILES string of the molecule is Cc1cc(S(=O)(=O)N2CCN(C(C)C(N)=O)CC2)ccc1F. The van der Waals surface area contributed by atoms with E-state index in [4.69, 9.17) is 5.73 Å². The molecule has 8 heteroatoms. The van der Waals surface area contributed by atoms with Gasteiger partial charge in [0, 0.05) is 26.2 Å². The van der Waals surface area contributed by atoms with E-state index in [-0.39, 0.29) is 18.0 Å². The first-order valence-corrected chi connectivity index (χ1v) is 8.47. The second kappa shape index (κ2) is 6.31. The second-order valence-corrected chi connectivity index (χ2v) is 7.37. The molecule has 0 saturated carbocycles. The molecule has 0 radical (unpaired) electrons. The van der Waals surface area contributed by atoms with Crippen molar-refractivity contribution in [2.75, 3.05) is 26.2 Å². The minimum absolute atomic E-state index is 0.0859. The number of amides is 1. The maximum absolute atomic E-state index is 13.3. The number of piperazine rings is 1. The van der Waals surface area contributed by atoms with Crippen LogP contribution < -0.4 is 5.73 Å². The van der Waals surface area contributed by atoms with Gasteiger partial charge in [0.1, 0.15) is 5.82 Å². The number of carbonyl (C=O) groups is 1. The number of rotatable bonds is 4. The maximum atomic E-state index is 13.3. The number of nitrogens with zero attached hydrogens (tertiary/aromatic N) is 2. The first-order valence-electron chi connectivity index (χ1n) is 7.03. The van der Waals surface area contributed by atoms with Gasteiger partial charge >= 0.3 is 0 Å². The van der Waals surface area contributed by atoms with Crippen molar-refractivity contribution in [2.45, 2.75) is 24.8 Å². The molecule has 0 spiro atoms. The van der Waals surface area contributed by atoms with E-state index in [0.29, 0.717) is 18.7 Å². The summed E-state index contributed by atoms with van der Waals surface area (Å²) in [6.45, 7) is 4.65. The van der Waals surface area contributed by atoms with Gasteiger partial charge in [0.2, 0.25) is 15.9 Å². The number of hydrogen-bond acceptors (Lipinski definition) is 4. The smallest absolute Gasteiger partial charge is 0.243 e. The Kier molecular flexibility index (Phi) is 4.84. The molecule has 1 aromatic rings. The van der Waals surface area contributed by atoms with E-state index in [0.717, 1.165) is 6.07 Å². The Hall–Kier alpha value is -1.51. The van der Waals surface area contributed by atoms with Crippen molar-refractivity contribution in [3.05, 3.63) is 29.6 Å². The molecule has 1 unspecified atom stereocenters. The fourth-order valence-electron chi connectivity index (χ4n) is 2.44. The summed E-state index contributed by atoms with van der Waals surface area (Å²) in [4.78, 5) is 13.1. The predicted octanol–water partition coefficient (Wildman–Crippen LogP) is 0.314. The fraction of sp³-hybridized carbons (Fsp3) is 0.500. The Morgan fingerprint density at radius 1 is 1.27 bits per heavy atom. The zero-order valence-corrected chi connectivity index (χ0v) is 13.4. The normalized spacial score (nSPS) is 19.0. The summed E-state index contributed by atoms with van der Waals surface area (Å²) in [6, 6.07) is 3.35. The average Bonchev–Trinajstić information content (AvgIpc) is 2.49. The zero-order valence-electron chi connectivity index (χ0n) is 12.6. The highest BCUT2D eigenvalue weighted by atomic mass is 32.2. The number of carbonyl (C=O) groups excluding carboxylic acids is 1. The minimum atomic E-state index is -3.65. The standard InChI is InChI=1S/C14H20FN3O3S/c1-10-9-12(3-4-13(10)15)22(20,21)18-7-5-17(6-8-18)11(2)14(16)19/h3-4,9,11H,5-8H2,1-2H3,(H2,16,19). The van der Waals surface area contributed by atoms with Crippen LogP contribution in [0.15, 0.2) is 23.1 Å². The van der Waals surface area contributed by atoms with E-state index in [9.17, 15) is 17.6 Å². The lowest BCUT2D eigenvalue weighted by Crippen LogP contribution is -2.54. The quantitative estimate of drug-likeness (QED) is 0.862. The molecule has 22 heavy (non-hydrogen) atoms. The first-order chi connectivity index (χ1) is 10.2. The molecule has 0 aromatic heterocycles. The molecule has 1 aliphatic heterocycles. The summed E-state index contributed by atoms with van der Waals surface area (Å²) < 4.78 is 39.7. The van der Waals surface area contributed by atoms with Crippen LogP contribution in [-0.4, -0.2) is 55.8 Å². The first kappa shape index (κ1) is 16.9. The Morgan fingerprint density at radius 2 is 1.86 bits per heavy atom. The van der Waals surface area contributed by atoms with Gasteiger partial charge in [-0.05, 0) is 37.6 Å². The molecule has 1 fully saturated rings. The van der Waals surface area contributed by atoms with Gasteiger partial charge in [-0.3, -0.25) is 9.69 Å². The van der Waals surface area contributed by atoms with Crippen LogP contribution in [0.25, 0.3) is 0 Å². The van der Waals surface area contributed by atoms with Gasteiger partial charge in [-0.15, -0.1) is 0 Å². The maximum Gasteiger partial charge on any atom is 0.243 e. The van der Waals surface area contributed by atoms with Crippen LogP contribution in [0.2, 0.25) is 0 Å². The Bertz CT molecular complexity index is 670. The van der Waals surface area contributed by atoms with Gasteiger partial charge in [0.25, 0.3) is 0 Å². The van der Waals surface area contributed by atoms with Crippen molar-refractivity contribution in [1.82, 2.24) is 9.21 Å². The van der Waals surface area contributed by atoms with Gasteiger partial charge < -0.3 is 5.73 Å². The number of benzene rings is 1. The third-order valence-electron chi connectivity index (χ3n) is 4.00. The van der Waals surface area contributed by atoms with E-state index in [1.807, 2.05) is 4.90 Å². The largest absolute Gasteiger partial charge is 0.368 e. The highest BCUT2D eigenvalue weighted by Gasteiger charge is 2.31. The summed E-state index contributed by atoms with van der Waals surface area (Å²) in [6.07, 6.45) is 0. The lowest BCUT2D eigenvalue weighted by atomic mass is 10.2. The molecule has 1 saturated heterocycles. The summed E-state index contributed by atoms with van der Waals surface area (Å²) >= 11 is 0. The van der Waals surface area contributed by atoms with Crippen molar-refractivity contribution >= 4 is 15.9 Å². The number of nitrogens with two attached hydrogens (primary N) is 1. The van der Waals surface area contributed by atoms with Crippen LogP contribution >= 0.6 is 0 Å². The number of halogens is 1. The van der Waals surface area contributed by atoms with Crippen LogP contribution in [0.5, 0.6) is 0 Å². The van der Waals surface area contributed by atoms with Crippen molar-refractivity contribution < 1.29 is 17.6 Å². The van der Waals surface area contributed by atoms with E-state index in [1.165, 1.54) is 23.4 Å². The Labute approximate surface area is 129 Å². The number of aryl methyl sites for hydroxylation is 1. The third-order valence-corrected chi connectivity index (χ3v) is 5.89. The second-order valence-electron chi connectivity index (χ2n) is 5.43. The molecule has 1 aromatic carbocycles. The summed E-state index contributed by atoms with van der Waals surface area (Å²) in [5.74, 6) is -0.857. The van der Waals surface area contributed by atoms with Gasteiger partial charge in [-0.2, -0.15) is 4.31 Å². The fourth-order valence-corrected chi connectivity index (χ4v) is 3.95. The number of sulfonamides is 1. The van der Waals surface area contributed by atoms with Crippen LogP contribution in [0, 0.1) is 12.7 Å². The molecule has 2 rings (SSSR count). The Balaban J connectivity index is 2.12. The topological polar surface area (TPSA) is 83.7 Å². The predicted molar refractivity (Wildman–Crippen MR) is 80.1 cm³/mol. The van der Waals surface area contributed by atoms with Crippen molar-refractivity contribution in [1.29, 1.82) is 0 Å². The van der Waals surface area contributed by atoms with E-state index < -0.39 is 27.8 Å². The molecule has 2 N–H and O–H groups in total. The Morgan fingerprint density at radius 3 is 2.36 bits per heavy atom. The number of hydrogen-bond donors (Lipinski definition) is 1. The lowest BCUT2D eigenvalue weighted by Gasteiger charge is -2.36. The van der Waals surface area contributed by atoms with Gasteiger partial charge in [-0.25, -0.2) is 12.8 Å². The molecule has 1 atom stereocenters. The highest BCUT2D eigenvalue weighted by Crippen LogP contribution is 2.20. The summed E-state index contributed by atoms with van der Waals surface area (Å²) in [7, 11) is -3.65. The van der Waals surface area contributed by atoms with Crippen LogP contribution in [0.4, 0.5) is 4.39 Å². The van der Waals surface area contributed by atoms with Crippen LogP contribution in [0.1, 0.15) is 12.5 Å². The van der Waals surface area contributed by atoms with Crippen molar-refractivity contribution in [2.24, 2.45) is 5.73 Å². The molecule has 0 bridgehead atoms. The summed E-state index contributed by atoms with van der Waals surface area (Å²) in [5.41, 5.74) is 5.55. The molecule has 0 aliphatic carbocycles. The molecule has 1 heterocycles. The molecular formula is C14H20FN3O3S. The average molecular weight is 329 g/mol. The third kappa shape index (κ3) is 3.29. The molecular weight excluding hydrogens is 309 g/mol. The van der Waals surface area contributed by atoms with E-state index >= 15 is 0 Å². The zero-order chi connectivity index (χ0) is 16.5. The van der Waals surface area contributed by atoms with Crippen LogP contribution in [0.3, 0.4) is 0 Å².